The van der Waals surface area contributed by atoms with Crippen LogP contribution in [0.25, 0.3) is 0 Å². The number of hydrogen-bond acceptors (Lipinski definition) is 5. The van der Waals surface area contributed by atoms with Gasteiger partial charge < -0.3 is 9.15 Å². The first-order chi connectivity index (χ1) is 12.7. The second-order valence-corrected chi connectivity index (χ2v) is 6.85. The first-order valence-corrected chi connectivity index (χ1v) is 9.07. The first-order valence-electron chi connectivity index (χ1n) is 8.70. The summed E-state index contributed by atoms with van der Waals surface area (Å²) in [5, 5.41) is 6.87. The maximum atomic E-state index is 12.9. The lowest BCUT2D eigenvalue weighted by atomic mass is 10.0. The minimum absolute atomic E-state index is 0.0303. The van der Waals surface area contributed by atoms with Gasteiger partial charge in [0, 0.05) is 24.5 Å². The lowest BCUT2D eigenvalue weighted by Gasteiger charge is -2.28. The molecule has 0 aliphatic carbocycles. The molecule has 3 heterocycles. The molecular weight excluding hydrogens is 354 g/mol. The van der Waals surface area contributed by atoms with Crippen molar-refractivity contribution in [1.82, 2.24) is 9.91 Å². The molecule has 7 heteroatoms. The van der Waals surface area contributed by atoms with Crippen LogP contribution in [0.1, 0.15) is 23.8 Å². The zero-order valence-electron chi connectivity index (χ0n) is 14.3. The van der Waals surface area contributed by atoms with Gasteiger partial charge in [0.2, 0.25) is 0 Å². The van der Waals surface area contributed by atoms with Gasteiger partial charge in [-0.25, -0.2) is 5.01 Å². The molecule has 1 amide bonds. The van der Waals surface area contributed by atoms with Crippen LogP contribution in [0, 0.1) is 0 Å². The lowest BCUT2D eigenvalue weighted by molar-refractivity contribution is -0.135. The molecular formula is C19H20ClN3O3. The molecule has 1 fully saturated rings. The summed E-state index contributed by atoms with van der Waals surface area (Å²) >= 11 is 5.98. The fourth-order valence-electron chi connectivity index (χ4n) is 3.28. The van der Waals surface area contributed by atoms with Crippen LogP contribution < -0.4 is 0 Å². The maximum Gasteiger partial charge on any atom is 0.257 e. The maximum absolute atomic E-state index is 12.9. The normalized spacial score (nSPS) is 21.0. The van der Waals surface area contributed by atoms with Crippen molar-refractivity contribution in [3.05, 3.63) is 59.0 Å². The number of carbonyl (C=O) groups is 1. The first kappa shape index (κ1) is 17.3. The molecule has 0 saturated carbocycles. The Hall–Kier alpha value is -2.15. The molecule has 4 rings (SSSR count). The van der Waals surface area contributed by atoms with Gasteiger partial charge >= 0.3 is 0 Å². The monoisotopic (exact) mass is 373 g/mol. The van der Waals surface area contributed by atoms with E-state index in [0.29, 0.717) is 31.2 Å². The highest BCUT2D eigenvalue weighted by Gasteiger charge is 2.35. The SMILES string of the molecule is O=C(CN1CCOCC1)N1N=C(c2ccc(Cl)cc2)C[C@H]1c1ccco1. The van der Waals surface area contributed by atoms with Crippen LogP contribution in [0.3, 0.4) is 0 Å². The van der Waals surface area contributed by atoms with Gasteiger partial charge in [0.05, 0.1) is 31.7 Å². The predicted molar refractivity (Wildman–Crippen MR) is 98.2 cm³/mol. The summed E-state index contributed by atoms with van der Waals surface area (Å²) in [4.78, 5) is 15.0. The van der Waals surface area contributed by atoms with E-state index in [1.165, 1.54) is 0 Å². The van der Waals surface area contributed by atoms with Crippen molar-refractivity contribution in [2.24, 2.45) is 5.10 Å². The molecule has 136 valence electrons. The number of nitrogens with zero attached hydrogens (tertiary/aromatic N) is 3. The third-order valence-electron chi connectivity index (χ3n) is 4.68. The van der Waals surface area contributed by atoms with E-state index in [2.05, 4.69) is 10.0 Å². The molecule has 26 heavy (non-hydrogen) atoms. The molecule has 0 unspecified atom stereocenters. The molecule has 0 spiro atoms. The summed E-state index contributed by atoms with van der Waals surface area (Å²) in [5.41, 5.74) is 1.83. The topological polar surface area (TPSA) is 58.3 Å². The Kier molecular flexibility index (Phi) is 5.06. The second kappa shape index (κ2) is 7.61. The summed E-state index contributed by atoms with van der Waals surface area (Å²) in [7, 11) is 0. The summed E-state index contributed by atoms with van der Waals surface area (Å²) in [5.74, 6) is 0.713. The van der Waals surface area contributed by atoms with Gasteiger partial charge in [-0.2, -0.15) is 5.10 Å². The molecule has 2 aliphatic heterocycles. The van der Waals surface area contributed by atoms with E-state index in [0.717, 1.165) is 30.1 Å². The average molecular weight is 374 g/mol. The van der Waals surface area contributed by atoms with Crippen molar-refractivity contribution in [3.8, 4) is 0 Å². The van der Waals surface area contributed by atoms with Gasteiger partial charge in [0.1, 0.15) is 11.8 Å². The molecule has 1 atom stereocenters. The van der Waals surface area contributed by atoms with Crippen molar-refractivity contribution in [2.45, 2.75) is 12.5 Å². The van der Waals surface area contributed by atoms with Crippen LogP contribution in [-0.2, 0) is 9.53 Å². The smallest absolute Gasteiger partial charge is 0.257 e. The van der Waals surface area contributed by atoms with E-state index in [4.69, 9.17) is 20.8 Å². The molecule has 1 saturated heterocycles. The number of carbonyl (C=O) groups excluding carboxylic acids is 1. The molecule has 0 N–H and O–H groups in total. The van der Waals surface area contributed by atoms with Crippen LogP contribution in [0.5, 0.6) is 0 Å². The van der Waals surface area contributed by atoms with E-state index in [1.807, 2.05) is 36.4 Å². The number of hydrazone groups is 1. The predicted octanol–water partition coefficient (Wildman–Crippen LogP) is 2.94. The van der Waals surface area contributed by atoms with Crippen molar-refractivity contribution in [3.63, 3.8) is 0 Å². The molecule has 6 nitrogen and oxygen atoms in total. The Morgan fingerprint density at radius 1 is 1.19 bits per heavy atom. The van der Waals surface area contributed by atoms with Crippen LogP contribution in [0.15, 0.2) is 52.2 Å². The highest BCUT2D eigenvalue weighted by molar-refractivity contribution is 6.30. The number of furan rings is 1. The molecule has 2 aliphatic rings. The quantitative estimate of drug-likeness (QED) is 0.826. The zero-order valence-corrected chi connectivity index (χ0v) is 15.1. The summed E-state index contributed by atoms with van der Waals surface area (Å²) in [6.07, 6.45) is 2.24. The molecule has 2 aromatic rings. The fourth-order valence-corrected chi connectivity index (χ4v) is 3.41. The third-order valence-corrected chi connectivity index (χ3v) is 4.93. The van der Waals surface area contributed by atoms with E-state index in [9.17, 15) is 4.79 Å². The summed E-state index contributed by atoms with van der Waals surface area (Å²) in [6, 6.07) is 11.0. The van der Waals surface area contributed by atoms with Gasteiger partial charge in [0.15, 0.2) is 0 Å². The Balaban J connectivity index is 1.56. The van der Waals surface area contributed by atoms with E-state index >= 15 is 0 Å². The van der Waals surface area contributed by atoms with Crippen molar-refractivity contribution in [1.29, 1.82) is 0 Å². The highest BCUT2D eigenvalue weighted by atomic mass is 35.5. The standard InChI is InChI=1S/C19H20ClN3O3/c20-15-5-3-14(4-6-15)16-12-17(18-2-1-9-26-18)23(21-16)19(24)13-22-7-10-25-11-8-22/h1-6,9,17H,7-8,10-13H2/t17-/m0/s1. The summed E-state index contributed by atoms with van der Waals surface area (Å²) < 4.78 is 10.9. The molecule has 1 aromatic carbocycles. The van der Waals surface area contributed by atoms with Crippen molar-refractivity contribution < 1.29 is 13.9 Å². The van der Waals surface area contributed by atoms with Crippen molar-refractivity contribution >= 4 is 23.2 Å². The number of hydrogen-bond donors (Lipinski definition) is 0. The summed E-state index contributed by atoms with van der Waals surface area (Å²) in [6.45, 7) is 3.18. The second-order valence-electron chi connectivity index (χ2n) is 6.42. The number of morpholine rings is 1. The van der Waals surface area contributed by atoms with Crippen LogP contribution in [-0.4, -0.2) is 54.4 Å². The van der Waals surface area contributed by atoms with Crippen LogP contribution >= 0.6 is 11.6 Å². The number of halogens is 1. The molecule has 0 radical (unpaired) electrons. The number of rotatable bonds is 4. The number of ether oxygens (including phenoxy) is 1. The highest BCUT2D eigenvalue weighted by Crippen LogP contribution is 2.33. The molecule has 0 bridgehead atoms. The Morgan fingerprint density at radius 3 is 2.65 bits per heavy atom. The van der Waals surface area contributed by atoms with Gasteiger partial charge in [-0.3, -0.25) is 9.69 Å². The number of benzene rings is 1. The van der Waals surface area contributed by atoms with Gasteiger partial charge in [-0.15, -0.1) is 0 Å². The minimum atomic E-state index is -0.218. The minimum Gasteiger partial charge on any atom is -0.467 e. The Morgan fingerprint density at radius 2 is 1.96 bits per heavy atom. The van der Waals surface area contributed by atoms with Crippen molar-refractivity contribution in [2.75, 3.05) is 32.8 Å². The van der Waals surface area contributed by atoms with E-state index < -0.39 is 0 Å². The van der Waals surface area contributed by atoms with Gasteiger partial charge in [-0.1, -0.05) is 23.7 Å². The fraction of sp³-hybridized carbons (Fsp3) is 0.368. The lowest BCUT2D eigenvalue weighted by Crippen LogP contribution is -2.43. The van der Waals surface area contributed by atoms with Crippen LogP contribution in [0.2, 0.25) is 5.02 Å². The van der Waals surface area contributed by atoms with Crippen LogP contribution in [0.4, 0.5) is 0 Å². The zero-order chi connectivity index (χ0) is 17.9. The Labute approximate surface area is 157 Å². The van der Waals surface area contributed by atoms with Gasteiger partial charge in [-0.05, 0) is 29.8 Å². The average Bonchev–Trinajstić information content (AvgIpc) is 3.33. The largest absolute Gasteiger partial charge is 0.467 e. The van der Waals surface area contributed by atoms with E-state index in [-0.39, 0.29) is 11.9 Å². The molecule has 1 aromatic heterocycles. The number of amides is 1. The van der Waals surface area contributed by atoms with E-state index in [1.54, 1.807) is 11.3 Å². The third kappa shape index (κ3) is 3.67. The van der Waals surface area contributed by atoms with Gasteiger partial charge in [0.25, 0.3) is 5.91 Å². The Bertz CT molecular complexity index is 783.